The van der Waals surface area contributed by atoms with E-state index in [1.165, 1.54) is 23.5 Å². The molecule has 4 rings (SSSR count). The van der Waals surface area contributed by atoms with Crippen molar-refractivity contribution >= 4 is 50.6 Å². The van der Waals surface area contributed by atoms with E-state index in [4.69, 9.17) is 5.11 Å². The normalized spacial score (nSPS) is 10.5. The molecule has 148 valence electrons. The van der Waals surface area contributed by atoms with Crippen molar-refractivity contribution < 1.29 is 19.5 Å². The lowest BCUT2D eigenvalue weighted by Crippen LogP contribution is -2.16. The number of carbonyl (C=O) groups excluding carboxylic acids is 2. The molecule has 0 fully saturated rings. The van der Waals surface area contributed by atoms with Crippen molar-refractivity contribution in [2.45, 2.75) is 0 Å². The van der Waals surface area contributed by atoms with Gasteiger partial charge in [0.15, 0.2) is 0 Å². The summed E-state index contributed by atoms with van der Waals surface area (Å²) < 4.78 is 0. The highest BCUT2D eigenvalue weighted by molar-refractivity contribution is 7.14. The number of carbonyl (C=O) groups is 3. The maximum Gasteiger partial charge on any atom is 0.335 e. The maximum atomic E-state index is 12.7. The van der Waals surface area contributed by atoms with Gasteiger partial charge in [-0.25, -0.2) is 4.79 Å². The summed E-state index contributed by atoms with van der Waals surface area (Å²) in [6.07, 6.45) is 0. The van der Waals surface area contributed by atoms with Gasteiger partial charge in [-0.2, -0.15) is 0 Å². The van der Waals surface area contributed by atoms with Gasteiger partial charge in [0.2, 0.25) is 0 Å². The van der Waals surface area contributed by atoms with Gasteiger partial charge in [0.05, 0.1) is 11.1 Å². The van der Waals surface area contributed by atoms with Crippen molar-refractivity contribution in [2.24, 2.45) is 0 Å². The van der Waals surface area contributed by atoms with Crippen LogP contribution in [0.2, 0.25) is 0 Å². The molecule has 0 atom stereocenters. The number of anilines is 2. The predicted octanol–water partition coefficient (Wildman–Crippen LogP) is 5.10. The van der Waals surface area contributed by atoms with Crippen LogP contribution in [0.5, 0.6) is 0 Å². The molecule has 3 N–H and O–H groups in total. The van der Waals surface area contributed by atoms with Crippen molar-refractivity contribution in [1.82, 2.24) is 0 Å². The van der Waals surface area contributed by atoms with E-state index < -0.39 is 11.9 Å². The second-order valence-electron chi connectivity index (χ2n) is 6.52. The smallest absolute Gasteiger partial charge is 0.335 e. The third kappa shape index (κ3) is 4.06. The van der Waals surface area contributed by atoms with E-state index in [2.05, 4.69) is 10.6 Å². The molecule has 0 spiro atoms. The molecule has 2 amide bonds. The number of rotatable bonds is 5. The molecule has 0 unspecified atom stereocenters. The molecule has 0 saturated heterocycles. The minimum absolute atomic E-state index is 0.0722. The van der Waals surface area contributed by atoms with E-state index in [1.807, 2.05) is 30.3 Å². The molecule has 0 saturated carbocycles. The van der Waals surface area contributed by atoms with Crippen molar-refractivity contribution in [1.29, 1.82) is 0 Å². The lowest BCUT2D eigenvalue weighted by Gasteiger charge is -2.09. The fourth-order valence-corrected chi connectivity index (χ4v) is 3.80. The van der Waals surface area contributed by atoms with Crippen LogP contribution < -0.4 is 10.6 Å². The Hall–Kier alpha value is -3.97. The van der Waals surface area contributed by atoms with Gasteiger partial charge in [-0.15, -0.1) is 11.3 Å². The van der Waals surface area contributed by atoms with E-state index in [9.17, 15) is 14.4 Å². The summed E-state index contributed by atoms with van der Waals surface area (Å²) in [5.74, 6) is -1.83. The van der Waals surface area contributed by atoms with Gasteiger partial charge in [0.1, 0.15) is 5.00 Å². The average Bonchev–Trinajstić information content (AvgIpc) is 3.21. The number of nitrogens with one attached hydrogen (secondary N) is 2. The van der Waals surface area contributed by atoms with Gasteiger partial charge >= 0.3 is 5.97 Å². The van der Waals surface area contributed by atoms with Crippen LogP contribution in [-0.2, 0) is 0 Å². The summed E-state index contributed by atoms with van der Waals surface area (Å²) in [5.41, 5.74) is 1.22. The van der Waals surface area contributed by atoms with Crippen LogP contribution in [0.4, 0.5) is 10.7 Å². The quantitative estimate of drug-likeness (QED) is 0.422. The topological polar surface area (TPSA) is 95.5 Å². The number of hydrogen-bond acceptors (Lipinski definition) is 4. The third-order valence-electron chi connectivity index (χ3n) is 4.52. The molecule has 3 aromatic carbocycles. The molecule has 0 aliphatic carbocycles. The van der Waals surface area contributed by atoms with Crippen LogP contribution in [0.1, 0.15) is 31.1 Å². The Morgan fingerprint density at radius 2 is 1.53 bits per heavy atom. The van der Waals surface area contributed by atoms with Crippen LogP contribution in [0.15, 0.2) is 78.2 Å². The number of aromatic carboxylic acids is 1. The summed E-state index contributed by atoms with van der Waals surface area (Å²) in [6, 6.07) is 20.7. The highest BCUT2D eigenvalue weighted by Crippen LogP contribution is 2.26. The second kappa shape index (κ2) is 8.18. The van der Waals surface area contributed by atoms with Gasteiger partial charge in [-0.1, -0.05) is 36.4 Å². The number of thiophene rings is 1. The SMILES string of the molecule is O=C(O)c1cccc(NC(=O)c2ccsc2NC(=O)c2ccc3ccccc3c2)c1. The Morgan fingerprint density at radius 1 is 0.733 bits per heavy atom. The first-order valence-electron chi connectivity index (χ1n) is 9.03. The zero-order valence-electron chi connectivity index (χ0n) is 15.6. The molecule has 7 heteroatoms. The van der Waals surface area contributed by atoms with Crippen LogP contribution in [-0.4, -0.2) is 22.9 Å². The lowest BCUT2D eigenvalue weighted by atomic mass is 10.1. The zero-order chi connectivity index (χ0) is 21.1. The zero-order valence-corrected chi connectivity index (χ0v) is 16.4. The minimum atomic E-state index is -1.08. The van der Waals surface area contributed by atoms with Crippen LogP contribution >= 0.6 is 11.3 Å². The molecule has 6 nitrogen and oxygen atoms in total. The highest BCUT2D eigenvalue weighted by Gasteiger charge is 2.17. The first-order valence-corrected chi connectivity index (χ1v) is 9.91. The van der Waals surface area contributed by atoms with Crippen molar-refractivity contribution in [3.63, 3.8) is 0 Å². The fraction of sp³-hybridized carbons (Fsp3) is 0. The number of hydrogen-bond donors (Lipinski definition) is 3. The Balaban J connectivity index is 1.52. The number of carboxylic acid groups (broad SMARTS) is 1. The van der Waals surface area contributed by atoms with E-state index in [-0.39, 0.29) is 11.5 Å². The lowest BCUT2D eigenvalue weighted by molar-refractivity contribution is 0.0696. The highest BCUT2D eigenvalue weighted by atomic mass is 32.1. The molecule has 0 aliphatic rings. The monoisotopic (exact) mass is 416 g/mol. The van der Waals surface area contributed by atoms with Crippen molar-refractivity contribution in [3.8, 4) is 0 Å². The van der Waals surface area contributed by atoms with E-state index in [1.54, 1.807) is 35.7 Å². The molecule has 0 radical (unpaired) electrons. The van der Waals surface area contributed by atoms with E-state index in [0.29, 0.717) is 21.8 Å². The number of benzene rings is 3. The largest absolute Gasteiger partial charge is 0.478 e. The molecular formula is C23H16N2O4S. The van der Waals surface area contributed by atoms with Crippen molar-refractivity contribution in [2.75, 3.05) is 10.6 Å². The van der Waals surface area contributed by atoms with Crippen LogP contribution in [0, 0.1) is 0 Å². The first-order chi connectivity index (χ1) is 14.5. The third-order valence-corrected chi connectivity index (χ3v) is 5.35. The van der Waals surface area contributed by atoms with Gasteiger partial charge < -0.3 is 15.7 Å². The summed E-state index contributed by atoms with van der Waals surface area (Å²) in [6.45, 7) is 0. The molecule has 4 aromatic rings. The summed E-state index contributed by atoms with van der Waals surface area (Å²) in [5, 5.41) is 18.7. The average molecular weight is 416 g/mol. The Morgan fingerprint density at radius 3 is 2.33 bits per heavy atom. The van der Waals surface area contributed by atoms with Crippen LogP contribution in [0.3, 0.4) is 0 Å². The predicted molar refractivity (Wildman–Crippen MR) is 118 cm³/mol. The van der Waals surface area contributed by atoms with Crippen LogP contribution in [0.25, 0.3) is 10.8 Å². The molecule has 30 heavy (non-hydrogen) atoms. The Labute approximate surface area is 175 Å². The van der Waals surface area contributed by atoms with E-state index >= 15 is 0 Å². The number of carboxylic acids is 1. The van der Waals surface area contributed by atoms with Crippen molar-refractivity contribution in [3.05, 3.63) is 94.9 Å². The molecular weight excluding hydrogens is 400 g/mol. The van der Waals surface area contributed by atoms with Gasteiger partial charge in [-0.05, 0) is 52.6 Å². The summed E-state index contributed by atoms with van der Waals surface area (Å²) >= 11 is 1.24. The van der Waals surface area contributed by atoms with E-state index in [0.717, 1.165) is 10.8 Å². The Kier molecular flexibility index (Phi) is 5.28. The van der Waals surface area contributed by atoms with Gasteiger partial charge in [0, 0.05) is 11.3 Å². The second-order valence-corrected chi connectivity index (χ2v) is 7.44. The van der Waals surface area contributed by atoms with Gasteiger partial charge in [0.25, 0.3) is 11.8 Å². The maximum absolute atomic E-state index is 12.7. The summed E-state index contributed by atoms with van der Waals surface area (Å²) in [4.78, 5) is 36.5. The number of amides is 2. The first kappa shape index (κ1) is 19.4. The fourth-order valence-electron chi connectivity index (χ4n) is 3.02. The Bertz CT molecular complexity index is 1280. The molecule has 1 heterocycles. The minimum Gasteiger partial charge on any atom is -0.478 e. The number of fused-ring (bicyclic) bond motifs is 1. The molecule has 1 aromatic heterocycles. The standard InChI is InChI=1S/C23H16N2O4S/c26-20(16-9-8-14-4-1-2-5-15(14)12-16)25-22-19(10-11-30-22)21(27)24-18-7-3-6-17(13-18)23(28)29/h1-13H,(H,24,27)(H,25,26)(H,28,29). The molecule has 0 bridgehead atoms. The van der Waals surface area contributed by atoms with Gasteiger partial charge in [-0.3, -0.25) is 9.59 Å². The molecule has 0 aliphatic heterocycles. The summed E-state index contributed by atoms with van der Waals surface area (Å²) in [7, 11) is 0.